The Labute approximate surface area is 148 Å². The van der Waals surface area contributed by atoms with Crippen molar-refractivity contribution < 1.29 is 9.21 Å². The van der Waals surface area contributed by atoms with Gasteiger partial charge >= 0.3 is 0 Å². The molecule has 1 N–H and O–H groups in total. The highest BCUT2D eigenvalue weighted by Crippen LogP contribution is 2.20. The number of hydrogen-bond acceptors (Lipinski definition) is 3. The Hall–Kier alpha value is -2.62. The second-order valence-corrected chi connectivity index (χ2v) is 6.78. The third-order valence-corrected chi connectivity index (χ3v) is 4.09. The van der Waals surface area contributed by atoms with Gasteiger partial charge < -0.3 is 9.73 Å². The van der Waals surface area contributed by atoms with E-state index in [1.54, 1.807) is 0 Å². The van der Waals surface area contributed by atoms with Crippen LogP contribution in [0.4, 0.5) is 5.69 Å². The second kappa shape index (κ2) is 7.51. The van der Waals surface area contributed by atoms with Gasteiger partial charge in [0.05, 0.1) is 0 Å². The van der Waals surface area contributed by atoms with Gasteiger partial charge in [-0.25, -0.2) is 4.98 Å². The van der Waals surface area contributed by atoms with E-state index in [1.165, 1.54) is 5.56 Å². The fraction of sp³-hybridized carbons (Fsp3) is 0.333. The Morgan fingerprint density at radius 3 is 2.52 bits per heavy atom. The SMILES string of the molecule is CCc1ccc2oc(Cc3ccc(NC(=O)CC(C)C)cc3)nc2c1. The molecule has 3 rings (SSSR count). The van der Waals surface area contributed by atoms with Gasteiger partial charge in [0, 0.05) is 18.5 Å². The van der Waals surface area contributed by atoms with E-state index in [0.717, 1.165) is 28.8 Å². The first-order valence-corrected chi connectivity index (χ1v) is 8.80. The van der Waals surface area contributed by atoms with Crippen LogP contribution in [-0.2, 0) is 17.6 Å². The number of fused-ring (bicyclic) bond motifs is 1. The van der Waals surface area contributed by atoms with Gasteiger partial charge in [-0.3, -0.25) is 4.79 Å². The van der Waals surface area contributed by atoms with Crippen molar-refractivity contribution in [2.24, 2.45) is 5.92 Å². The molecule has 25 heavy (non-hydrogen) atoms. The van der Waals surface area contributed by atoms with Gasteiger partial charge in [0.1, 0.15) is 5.52 Å². The van der Waals surface area contributed by atoms with E-state index in [0.29, 0.717) is 24.7 Å². The molecule has 0 aliphatic carbocycles. The summed E-state index contributed by atoms with van der Waals surface area (Å²) in [5, 5.41) is 2.92. The molecule has 3 aromatic rings. The Bertz CT molecular complexity index is 863. The highest BCUT2D eigenvalue weighted by molar-refractivity contribution is 5.90. The molecular weight excluding hydrogens is 312 g/mol. The maximum absolute atomic E-state index is 11.8. The standard InChI is InChI=1S/C21H24N2O2/c1-4-15-7-10-19-18(12-15)23-21(25-19)13-16-5-8-17(9-6-16)22-20(24)11-14(2)3/h5-10,12,14H,4,11,13H2,1-3H3,(H,22,24). The van der Waals surface area contributed by atoms with Gasteiger partial charge in [-0.05, 0) is 47.7 Å². The molecule has 0 atom stereocenters. The molecule has 4 heteroatoms. The molecule has 2 aromatic carbocycles. The zero-order valence-electron chi connectivity index (χ0n) is 15.0. The van der Waals surface area contributed by atoms with Gasteiger partial charge in [0.25, 0.3) is 0 Å². The summed E-state index contributed by atoms with van der Waals surface area (Å²) in [7, 11) is 0. The van der Waals surface area contributed by atoms with Crippen LogP contribution in [0.25, 0.3) is 11.1 Å². The van der Waals surface area contributed by atoms with Gasteiger partial charge in [0.15, 0.2) is 11.5 Å². The summed E-state index contributed by atoms with van der Waals surface area (Å²) in [5.41, 5.74) is 4.91. The fourth-order valence-corrected chi connectivity index (χ4v) is 2.78. The van der Waals surface area contributed by atoms with E-state index in [9.17, 15) is 4.79 Å². The maximum Gasteiger partial charge on any atom is 0.224 e. The second-order valence-electron chi connectivity index (χ2n) is 6.78. The lowest BCUT2D eigenvalue weighted by molar-refractivity contribution is -0.116. The van der Waals surface area contributed by atoms with Crippen LogP contribution in [0.3, 0.4) is 0 Å². The number of rotatable bonds is 6. The molecule has 1 aromatic heterocycles. The van der Waals surface area contributed by atoms with Crippen molar-refractivity contribution in [3.8, 4) is 0 Å². The molecule has 0 saturated heterocycles. The van der Waals surface area contributed by atoms with Crippen molar-refractivity contribution in [2.45, 2.75) is 40.0 Å². The summed E-state index contributed by atoms with van der Waals surface area (Å²) in [6.45, 7) is 6.20. The van der Waals surface area contributed by atoms with Crippen molar-refractivity contribution in [3.63, 3.8) is 0 Å². The third-order valence-electron chi connectivity index (χ3n) is 4.09. The molecular formula is C21H24N2O2. The first-order chi connectivity index (χ1) is 12.0. The van der Waals surface area contributed by atoms with Crippen LogP contribution < -0.4 is 5.32 Å². The first kappa shape index (κ1) is 17.2. The molecule has 1 heterocycles. The number of aromatic nitrogens is 1. The molecule has 0 aliphatic rings. The van der Waals surface area contributed by atoms with Crippen molar-refractivity contribution in [1.29, 1.82) is 0 Å². The molecule has 0 spiro atoms. The normalized spacial score (nSPS) is 11.2. The monoisotopic (exact) mass is 336 g/mol. The number of carbonyl (C=O) groups excluding carboxylic acids is 1. The number of benzene rings is 2. The quantitative estimate of drug-likeness (QED) is 0.692. The minimum atomic E-state index is 0.0495. The third kappa shape index (κ3) is 4.47. The molecule has 0 unspecified atom stereocenters. The number of nitrogens with zero attached hydrogens (tertiary/aromatic N) is 1. The van der Waals surface area contributed by atoms with Gasteiger partial charge in [-0.15, -0.1) is 0 Å². The molecule has 4 nitrogen and oxygen atoms in total. The molecule has 0 radical (unpaired) electrons. The van der Waals surface area contributed by atoms with Crippen LogP contribution in [0.15, 0.2) is 46.9 Å². The van der Waals surface area contributed by atoms with E-state index in [4.69, 9.17) is 4.42 Å². The van der Waals surface area contributed by atoms with Crippen LogP contribution in [0.5, 0.6) is 0 Å². The molecule has 0 saturated carbocycles. The summed E-state index contributed by atoms with van der Waals surface area (Å²) in [6.07, 6.45) is 2.16. The van der Waals surface area contributed by atoms with E-state index in [-0.39, 0.29) is 5.91 Å². The highest BCUT2D eigenvalue weighted by atomic mass is 16.3. The van der Waals surface area contributed by atoms with Crippen LogP contribution in [0.2, 0.25) is 0 Å². The van der Waals surface area contributed by atoms with Crippen molar-refractivity contribution >= 4 is 22.7 Å². The fourth-order valence-electron chi connectivity index (χ4n) is 2.78. The lowest BCUT2D eigenvalue weighted by Crippen LogP contribution is -2.13. The summed E-state index contributed by atoms with van der Waals surface area (Å²) in [4.78, 5) is 16.4. The summed E-state index contributed by atoms with van der Waals surface area (Å²) >= 11 is 0. The molecule has 1 amide bonds. The topological polar surface area (TPSA) is 55.1 Å². The van der Waals surface area contributed by atoms with Crippen molar-refractivity contribution in [1.82, 2.24) is 4.98 Å². The van der Waals surface area contributed by atoms with E-state index >= 15 is 0 Å². The number of aryl methyl sites for hydroxylation is 1. The first-order valence-electron chi connectivity index (χ1n) is 8.80. The molecule has 130 valence electrons. The Morgan fingerprint density at radius 1 is 1.12 bits per heavy atom. The van der Waals surface area contributed by atoms with E-state index < -0.39 is 0 Å². The van der Waals surface area contributed by atoms with Crippen molar-refractivity contribution in [3.05, 3.63) is 59.5 Å². The van der Waals surface area contributed by atoms with Crippen LogP contribution in [0, 0.1) is 5.92 Å². The number of hydrogen-bond donors (Lipinski definition) is 1. The Morgan fingerprint density at radius 2 is 1.84 bits per heavy atom. The van der Waals surface area contributed by atoms with E-state index in [1.807, 2.05) is 44.2 Å². The highest BCUT2D eigenvalue weighted by Gasteiger charge is 2.08. The van der Waals surface area contributed by atoms with Gasteiger partial charge in [-0.1, -0.05) is 39.0 Å². The summed E-state index contributed by atoms with van der Waals surface area (Å²) in [5.74, 6) is 1.11. The number of carbonyl (C=O) groups is 1. The van der Waals surface area contributed by atoms with Gasteiger partial charge in [-0.2, -0.15) is 0 Å². The number of amides is 1. The Balaban J connectivity index is 1.68. The van der Waals surface area contributed by atoms with Crippen molar-refractivity contribution in [2.75, 3.05) is 5.32 Å². The minimum absolute atomic E-state index is 0.0495. The predicted octanol–water partition coefficient (Wildman–Crippen LogP) is 4.97. The lowest BCUT2D eigenvalue weighted by Gasteiger charge is -2.07. The number of anilines is 1. The molecule has 0 bridgehead atoms. The zero-order valence-corrected chi connectivity index (χ0v) is 15.0. The van der Waals surface area contributed by atoms with Crippen LogP contribution in [-0.4, -0.2) is 10.9 Å². The average molecular weight is 336 g/mol. The van der Waals surface area contributed by atoms with Crippen LogP contribution >= 0.6 is 0 Å². The predicted molar refractivity (Wildman–Crippen MR) is 101 cm³/mol. The number of oxazole rings is 1. The molecule has 0 aliphatic heterocycles. The summed E-state index contributed by atoms with van der Waals surface area (Å²) < 4.78 is 5.83. The summed E-state index contributed by atoms with van der Waals surface area (Å²) in [6, 6.07) is 14.0. The van der Waals surface area contributed by atoms with Gasteiger partial charge in [0.2, 0.25) is 5.91 Å². The maximum atomic E-state index is 11.8. The van der Waals surface area contributed by atoms with Crippen LogP contribution in [0.1, 0.15) is 44.2 Å². The largest absolute Gasteiger partial charge is 0.440 e. The lowest BCUT2D eigenvalue weighted by atomic mass is 10.1. The van der Waals surface area contributed by atoms with E-state index in [2.05, 4.69) is 29.4 Å². The zero-order chi connectivity index (χ0) is 17.8. The molecule has 0 fully saturated rings. The smallest absolute Gasteiger partial charge is 0.224 e. The number of nitrogens with one attached hydrogen (secondary N) is 1. The average Bonchev–Trinajstić information content (AvgIpc) is 2.97. The minimum Gasteiger partial charge on any atom is -0.440 e. The Kier molecular flexibility index (Phi) is 5.17.